The van der Waals surface area contributed by atoms with E-state index in [1.165, 1.54) is 18.2 Å². The number of benzene rings is 1. The minimum Gasteiger partial charge on any atom is -0.484 e. The summed E-state index contributed by atoms with van der Waals surface area (Å²) < 4.78 is 18.0. The zero-order valence-electron chi connectivity index (χ0n) is 11.8. The van der Waals surface area contributed by atoms with Gasteiger partial charge < -0.3 is 15.2 Å². The van der Waals surface area contributed by atoms with E-state index in [0.717, 1.165) is 19.3 Å². The first-order valence-corrected chi connectivity index (χ1v) is 6.95. The monoisotopic (exact) mass is 297 g/mol. The molecule has 0 fully saturated rings. The molecule has 116 valence electrons. The van der Waals surface area contributed by atoms with E-state index in [9.17, 15) is 14.0 Å². The molecule has 2 N–H and O–H groups in total. The molecule has 1 amide bonds. The summed E-state index contributed by atoms with van der Waals surface area (Å²) in [6, 6.07) is 5.62. The lowest BCUT2D eigenvalue weighted by atomic mass is 10.1. The number of rotatable bonds is 10. The Kier molecular flexibility index (Phi) is 7.86. The largest absolute Gasteiger partial charge is 0.484 e. The molecule has 0 unspecified atom stereocenters. The van der Waals surface area contributed by atoms with Gasteiger partial charge in [0.2, 0.25) is 0 Å². The van der Waals surface area contributed by atoms with Crippen LogP contribution in [0.1, 0.15) is 32.1 Å². The van der Waals surface area contributed by atoms with Gasteiger partial charge in [-0.3, -0.25) is 9.59 Å². The Balaban J connectivity index is 2.03. The minimum absolute atomic E-state index is 0.150. The number of amides is 1. The summed E-state index contributed by atoms with van der Waals surface area (Å²) >= 11 is 0. The highest BCUT2D eigenvalue weighted by Gasteiger charge is 2.03. The molecule has 21 heavy (non-hydrogen) atoms. The van der Waals surface area contributed by atoms with Crippen molar-refractivity contribution in [2.45, 2.75) is 32.1 Å². The Labute approximate surface area is 123 Å². The van der Waals surface area contributed by atoms with Crippen molar-refractivity contribution in [3.63, 3.8) is 0 Å². The summed E-state index contributed by atoms with van der Waals surface area (Å²) in [6.07, 6.45) is 3.35. The molecule has 0 saturated carbocycles. The van der Waals surface area contributed by atoms with Crippen LogP contribution in [0.2, 0.25) is 0 Å². The van der Waals surface area contributed by atoms with Crippen molar-refractivity contribution < 1.29 is 23.8 Å². The van der Waals surface area contributed by atoms with Crippen molar-refractivity contribution in [1.82, 2.24) is 5.32 Å². The summed E-state index contributed by atoms with van der Waals surface area (Å²) in [5.41, 5.74) is 0. The van der Waals surface area contributed by atoms with Crippen LogP contribution in [-0.4, -0.2) is 30.1 Å². The van der Waals surface area contributed by atoms with E-state index >= 15 is 0 Å². The first-order valence-electron chi connectivity index (χ1n) is 6.95. The number of ether oxygens (including phenoxy) is 1. The van der Waals surface area contributed by atoms with Crippen LogP contribution >= 0.6 is 0 Å². The van der Waals surface area contributed by atoms with E-state index in [4.69, 9.17) is 9.84 Å². The number of halogens is 1. The van der Waals surface area contributed by atoms with Gasteiger partial charge in [-0.15, -0.1) is 0 Å². The first kappa shape index (κ1) is 16.9. The number of carboxylic acid groups (broad SMARTS) is 1. The second-order valence-electron chi connectivity index (χ2n) is 4.65. The summed E-state index contributed by atoms with van der Waals surface area (Å²) in [4.78, 5) is 21.8. The number of carbonyl (C=O) groups excluding carboxylic acids is 1. The third-order valence-electron chi connectivity index (χ3n) is 2.81. The third-order valence-corrected chi connectivity index (χ3v) is 2.81. The number of carbonyl (C=O) groups is 2. The molecule has 0 aliphatic carbocycles. The minimum atomic E-state index is -0.780. The molecule has 1 aromatic carbocycles. The van der Waals surface area contributed by atoms with Gasteiger partial charge in [-0.25, -0.2) is 4.39 Å². The lowest BCUT2D eigenvalue weighted by molar-refractivity contribution is -0.137. The van der Waals surface area contributed by atoms with E-state index in [2.05, 4.69) is 5.32 Å². The Hall–Kier alpha value is -2.11. The highest BCUT2D eigenvalue weighted by molar-refractivity contribution is 5.77. The Bertz CT molecular complexity index is 465. The topological polar surface area (TPSA) is 75.6 Å². The number of carboxylic acids is 1. The number of hydrogen-bond acceptors (Lipinski definition) is 3. The summed E-state index contributed by atoms with van der Waals surface area (Å²) in [7, 11) is 0. The Morgan fingerprint density at radius 3 is 2.67 bits per heavy atom. The van der Waals surface area contributed by atoms with E-state index in [1.54, 1.807) is 6.07 Å². The van der Waals surface area contributed by atoms with Crippen molar-refractivity contribution in [2.75, 3.05) is 13.2 Å². The van der Waals surface area contributed by atoms with Gasteiger partial charge in [-0.1, -0.05) is 18.9 Å². The molecule has 0 aliphatic heterocycles. The van der Waals surface area contributed by atoms with Crippen LogP contribution < -0.4 is 10.1 Å². The predicted octanol–water partition coefficient (Wildman–Crippen LogP) is 2.36. The van der Waals surface area contributed by atoms with Crippen molar-refractivity contribution in [3.8, 4) is 5.75 Å². The van der Waals surface area contributed by atoms with E-state index in [-0.39, 0.29) is 18.9 Å². The summed E-state index contributed by atoms with van der Waals surface area (Å²) in [6.45, 7) is 0.376. The van der Waals surface area contributed by atoms with E-state index in [1.807, 2.05) is 0 Å². The van der Waals surface area contributed by atoms with Gasteiger partial charge in [0.15, 0.2) is 6.61 Å². The van der Waals surface area contributed by atoms with E-state index in [0.29, 0.717) is 18.7 Å². The highest BCUT2D eigenvalue weighted by Crippen LogP contribution is 2.11. The molecule has 0 aromatic heterocycles. The van der Waals surface area contributed by atoms with Crippen LogP contribution in [0.15, 0.2) is 24.3 Å². The smallest absolute Gasteiger partial charge is 0.303 e. The predicted molar refractivity (Wildman–Crippen MR) is 75.6 cm³/mol. The fourth-order valence-electron chi connectivity index (χ4n) is 1.74. The van der Waals surface area contributed by atoms with Gasteiger partial charge in [0, 0.05) is 19.0 Å². The number of aliphatic carboxylic acids is 1. The number of unbranched alkanes of at least 4 members (excludes halogenated alkanes) is 3. The SMILES string of the molecule is O=C(O)CCCCCCNC(=O)COc1cccc(F)c1. The molecule has 1 aromatic rings. The number of hydrogen-bond donors (Lipinski definition) is 2. The average Bonchev–Trinajstić information content (AvgIpc) is 2.44. The van der Waals surface area contributed by atoms with Crippen LogP contribution in [0.25, 0.3) is 0 Å². The molecule has 0 heterocycles. The van der Waals surface area contributed by atoms with Gasteiger partial charge >= 0.3 is 5.97 Å². The molecule has 1 rings (SSSR count). The molecule has 0 saturated heterocycles. The Morgan fingerprint density at radius 2 is 1.95 bits per heavy atom. The van der Waals surface area contributed by atoms with Crippen molar-refractivity contribution in [1.29, 1.82) is 0 Å². The fraction of sp³-hybridized carbons (Fsp3) is 0.467. The molecular formula is C15H20FNO4. The molecule has 0 atom stereocenters. The zero-order chi connectivity index (χ0) is 15.5. The molecule has 0 radical (unpaired) electrons. The highest BCUT2D eigenvalue weighted by atomic mass is 19.1. The molecule has 0 aliphatic rings. The second-order valence-corrected chi connectivity index (χ2v) is 4.65. The van der Waals surface area contributed by atoms with Crippen LogP contribution in [0.3, 0.4) is 0 Å². The van der Waals surface area contributed by atoms with Crippen LogP contribution in [0.4, 0.5) is 4.39 Å². The molecule has 0 spiro atoms. The van der Waals surface area contributed by atoms with Gasteiger partial charge in [0.1, 0.15) is 11.6 Å². The van der Waals surface area contributed by atoms with Crippen molar-refractivity contribution in [2.24, 2.45) is 0 Å². The Morgan fingerprint density at radius 1 is 1.19 bits per heavy atom. The normalized spacial score (nSPS) is 10.1. The standard InChI is InChI=1S/C15H20FNO4/c16-12-6-5-7-13(10-12)21-11-14(18)17-9-4-2-1-3-8-15(19)20/h5-7,10H,1-4,8-9,11H2,(H,17,18)(H,19,20). The average molecular weight is 297 g/mol. The van der Waals surface area contributed by atoms with Gasteiger partial charge in [0.05, 0.1) is 0 Å². The van der Waals surface area contributed by atoms with Gasteiger partial charge in [-0.2, -0.15) is 0 Å². The third kappa shape index (κ3) is 8.62. The van der Waals surface area contributed by atoms with E-state index < -0.39 is 11.8 Å². The quantitative estimate of drug-likeness (QED) is 0.650. The maximum atomic E-state index is 12.9. The van der Waals surface area contributed by atoms with Gasteiger partial charge in [-0.05, 0) is 25.0 Å². The van der Waals surface area contributed by atoms with Crippen LogP contribution in [0, 0.1) is 5.82 Å². The fourth-order valence-corrected chi connectivity index (χ4v) is 1.74. The lowest BCUT2D eigenvalue weighted by Gasteiger charge is -2.07. The number of nitrogens with one attached hydrogen (secondary N) is 1. The lowest BCUT2D eigenvalue weighted by Crippen LogP contribution is -2.29. The molecule has 0 bridgehead atoms. The van der Waals surface area contributed by atoms with Crippen LogP contribution in [-0.2, 0) is 9.59 Å². The molecule has 6 heteroatoms. The second kappa shape index (κ2) is 9.74. The summed E-state index contributed by atoms with van der Waals surface area (Å²) in [5.74, 6) is -1.13. The molecule has 5 nitrogen and oxygen atoms in total. The zero-order valence-corrected chi connectivity index (χ0v) is 11.8. The van der Waals surface area contributed by atoms with Crippen molar-refractivity contribution >= 4 is 11.9 Å². The van der Waals surface area contributed by atoms with Gasteiger partial charge in [0.25, 0.3) is 5.91 Å². The summed E-state index contributed by atoms with van der Waals surface area (Å²) in [5, 5.41) is 11.2. The first-order chi connectivity index (χ1) is 10.1. The van der Waals surface area contributed by atoms with Crippen LogP contribution in [0.5, 0.6) is 5.75 Å². The molecular weight excluding hydrogens is 277 g/mol. The maximum absolute atomic E-state index is 12.9. The van der Waals surface area contributed by atoms with Crippen molar-refractivity contribution in [3.05, 3.63) is 30.1 Å². The maximum Gasteiger partial charge on any atom is 0.303 e.